The number of rotatable bonds is 4. The highest BCUT2D eigenvalue weighted by Crippen LogP contribution is 2.15. The lowest BCUT2D eigenvalue weighted by atomic mass is 10.3. The first kappa shape index (κ1) is 12.4. The fourth-order valence-corrected chi connectivity index (χ4v) is 2.91. The van der Waals surface area contributed by atoms with Crippen LogP contribution in [0, 0.1) is 0 Å². The van der Waals surface area contributed by atoms with E-state index < -0.39 is 21.7 Å². The van der Waals surface area contributed by atoms with Crippen LogP contribution in [0.5, 0.6) is 0 Å². The summed E-state index contributed by atoms with van der Waals surface area (Å²) in [6.45, 7) is 1.58. The van der Waals surface area contributed by atoms with Crippen molar-refractivity contribution in [2.45, 2.75) is 12.5 Å². The number of nitrogens with zero attached hydrogens (tertiary/aromatic N) is 2. The topological polar surface area (TPSA) is 83.7 Å². The smallest absolute Gasteiger partial charge is 0.234 e. The molecule has 1 heterocycles. The maximum atomic E-state index is 11.6. The largest absolute Gasteiger partial charge is 0.369 e. The van der Waals surface area contributed by atoms with Gasteiger partial charge in [0.2, 0.25) is 15.9 Å². The first-order valence-corrected chi connectivity index (χ1v) is 6.36. The van der Waals surface area contributed by atoms with Gasteiger partial charge in [0.05, 0.1) is 0 Å². The predicted molar refractivity (Wildman–Crippen MR) is 56.6 cm³/mol. The molecule has 1 atom stereocenters. The maximum Gasteiger partial charge on any atom is 0.234 e. The van der Waals surface area contributed by atoms with Gasteiger partial charge in [-0.1, -0.05) is 0 Å². The summed E-state index contributed by atoms with van der Waals surface area (Å²) >= 11 is 0. The molecule has 0 aliphatic carbocycles. The van der Waals surface area contributed by atoms with Crippen molar-refractivity contribution in [3.8, 4) is 0 Å². The van der Waals surface area contributed by atoms with Crippen LogP contribution in [-0.2, 0) is 14.8 Å². The summed E-state index contributed by atoms with van der Waals surface area (Å²) in [6, 6.07) is -0.0423. The Kier molecular flexibility index (Phi) is 3.69. The van der Waals surface area contributed by atoms with E-state index in [9.17, 15) is 13.2 Å². The Morgan fingerprint density at radius 1 is 1.60 bits per heavy atom. The predicted octanol–water partition coefficient (Wildman–Crippen LogP) is -1.56. The van der Waals surface area contributed by atoms with Crippen molar-refractivity contribution in [1.29, 1.82) is 0 Å². The minimum absolute atomic E-state index is 0.0423. The third-order valence-electron chi connectivity index (χ3n) is 2.64. The molecule has 88 valence electrons. The van der Waals surface area contributed by atoms with Crippen molar-refractivity contribution in [1.82, 2.24) is 9.21 Å². The van der Waals surface area contributed by atoms with Crippen LogP contribution in [0.15, 0.2) is 0 Å². The van der Waals surface area contributed by atoms with E-state index in [1.54, 1.807) is 0 Å². The van der Waals surface area contributed by atoms with E-state index >= 15 is 0 Å². The van der Waals surface area contributed by atoms with Crippen molar-refractivity contribution in [3.05, 3.63) is 0 Å². The highest BCUT2D eigenvalue weighted by Gasteiger charge is 2.31. The lowest BCUT2D eigenvalue weighted by Gasteiger charge is -2.22. The molecule has 1 fully saturated rings. The molecule has 2 N–H and O–H groups in total. The summed E-state index contributed by atoms with van der Waals surface area (Å²) < 4.78 is 24.5. The van der Waals surface area contributed by atoms with Gasteiger partial charge in [-0.25, -0.2) is 12.7 Å². The summed E-state index contributed by atoms with van der Waals surface area (Å²) in [7, 11) is -0.0931. The molecule has 0 saturated carbocycles. The SMILES string of the molecule is CN1CCC(N(C)S(=O)(=O)CC(N)=O)C1. The van der Waals surface area contributed by atoms with Crippen LogP contribution >= 0.6 is 0 Å². The normalized spacial score (nSPS) is 23.5. The third-order valence-corrected chi connectivity index (χ3v) is 4.47. The van der Waals surface area contributed by atoms with Gasteiger partial charge in [0.1, 0.15) is 5.75 Å². The van der Waals surface area contributed by atoms with Crippen LogP contribution in [0.25, 0.3) is 0 Å². The van der Waals surface area contributed by atoms with Crippen LogP contribution in [0.4, 0.5) is 0 Å². The molecule has 1 rings (SSSR count). The highest BCUT2D eigenvalue weighted by atomic mass is 32.2. The van der Waals surface area contributed by atoms with Gasteiger partial charge < -0.3 is 10.6 Å². The molecule has 0 spiro atoms. The summed E-state index contributed by atoms with van der Waals surface area (Å²) in [5, 5.41) is 0. The maximum absolute atomic E-state index is 11.6. The molecule has 0 bridgehead atoms. The quantitative estimate of drug-likeness (QED) is 0.638. The molecule has 1 saturated heterocycles. The highest BCUT2D eigenvalue weighted by molar-refractivity contribution is 7.89. The second kappa shape index (κ2) is 4.46. The van der Waals surface area contributed by atoms with Crippen LogP contribution < -0.4 is 5.73 Å². The van der Waals surface area contributed by atoms with Gasteiger partial charge in [-0.15, -0.1) is 0 Å². The fourth-order valence-electron chi connectivity index (χ4n) is 1.72. The van der Waals surface area contributed by atoms with E-state index in [1.807, 2.05) is 7.05 Å². The number of nitrogens with two attached hydrogens (primary N) is 1. The Morgan fingerprint density at radius 2 is 2.20 bits per heavy atom. The monoisotopic (exact) mass is 235 g/mol. The summed E-state index contributed by atoms with van der Waals surface area (Å²) in [5.74, 6) is -1.42. The molecular weight excluding hydrogens is 218 g/mol. The standard InChI is InChI=1S/C8H17N3O3S/c1-10-4-3-7(5-10)11(2)15(13,14)6-8(9)12/h7H,3-6H2,1-2H3,(H2,9,12). The number of amides is 1. The van der Waals surface area contributed by atoms with Gasteiger partial charge in [0.25, 0.3) is 0 Å². The van der Waals surface area contributed by atoms with Crippen molar-refractivity contribution in [2.75, 3.05) is 32.9 Å². The number of likely N-dealkylation sites (tertiary alicyclic amines) is 1. The van der Waals surface area contributed by atoms with Crippen molar-refractivity contribution in [3.63, 3.8) is 0 Å². The van der Waals surface area contributed by atoms with Crippen molar-refractivity contribution in [2.24, 2.45) is 5.73 Å². The van der Waals surface area contributed by atoms with Crippen LogP contribution in [-0.4, -0.2) is 62.5 Å². The summed E-state index contributed by atoms with van der Waals surface area (Å²) in [4.78, 5) is 12.7. The van der Waals surface area contributed by atoms with Crippen LogP contribution in [0.3, 0.4) is 0 Å². The molecule has 15 heavy (non-hydrogen) atoms. The zero-order chi connectivity index (χ0) is 11.6. The van der Waals surface area contributed by atoms with Gasteiger partial charge in [-0.05, 0) is 20.0 Å². The molecule has 0 aromatic rings. The van der Waals surface area contributed by atoms with Gasteiger partial charge in [0, 0.05) is 19.6 Å². The number of likely N-dealkylation sites (N-methyl/N-ethyl adjacent to an activating group) is 2. The van der Waals surface area contributed by atoms with E-state index in [-0.39, 0.29) is 6.04 Å². The van der Waals surface area contributed by atoms with Gasteiger partial charge in [-0.3, -0.25) is 4.79 Å². The zero-order valence-electron chi connectivity index (χ0n) is 9.01. The van der Waals surface area contributed by atoms with Gasteiger partial charge in [0.15, 0.2) is 0 Å². The first-order chi connectivity index (χ1) is 6.83. The van der Waals surface area contributed by atoms with Gasteiger partial charge in [-0.2, -0.15) is 0 Å². The lowest BCUT2D eigenvalue weighted by molar-refractivity contribution is -0.115. The Labute approximate surface area is 90.1 Å². The van der Waals surface area contributed by atoms with E-state index in [0.29, 0.717) is 6.54 Å². The summed E-state index contributed by atoms with van der Waals surface area (Å²) in [5.41, 5.74) is 4.89. The average molecular weight is 235 g/mol. The Balaban J connectivity index is 2.67. The second-order valence-electron chi connectivity index (χ2n) is 3.94. The number of hydrogen-bond donors (Lipinski definition) is 1. The lowest BCUT2D eigenvalue weighted by Crippen LogP contribution is -2.42. The molecule has 6 nitrogen and oxygen atoms in total. The van der Waals surface area contributed by atoms with E-state index in [2.05, 4.69) is 4.90 Å². The molecule has 7 heteroatoms. The van der Waals surface area contributed by atoms with E-state index in [0.717, 1.165) is 13.0 Å². The number of primary amides is 1. The van der Waals surface area contributed by atoms with Gasteiger partial charge >= 0.3 is 0 Å². The Hall–Kier alpha value is -0.660. The first-order valence-electron chi connectivity index (χ1n) is 4.75. The molecule has 1 aliphatic rings. The minimum atomic E-state index is -3.53. The molecule has 1 unspecified atom stereocenters. The molecule has 0 radical (unpaired) electrons. The van der Waals surface area contributed by atoms with Crippen LogP contribution in [0.2, 0.25) is 0 Å². The number of carbonyl (C=O) groups excluding carboxylic acids is 1. The second-order valence-corrected chi connectivity index (χ2v) is 5.97. The number of sulfonamides is 1. The average Bonchev–Trinajstić information content (AvgIpc) is 2.48. The molecular formula is C8H17N3O3S. The zero-order valence-corrected chi connectivity index (χ0v) is 9.83. The fraction of sp³-hybridized carbons (Fsp3) is 0.875. The van der Waals surface area contributed by atoms with E-state index in [1.165, 1.54) is 11.4 Å². The van der Waals surface area contributed by atoms with Crippen LogP contribution in [0.1, 0.15) is 6.42 Å². The Morgan fingerprint density at radius 3 is 2.60 bits per heavy atom. The third kappa shape index (κ3) is 3.15. The Bertz CT molecular complexity index is 341. The molecule has 0 aromatic carbocycles. The molecule has 1 amide bonds. The number of carbonyl (C=O) groups is 1. The van der Waals surface area contributed by atoms with Crippen molar-refractivity contribution >= 4 is 15.9 Å². The summed E-state index contributed by atoms with van der Waals surface area (Å²) in [6.07, 6.45) is 0.797. The molecule has 1 aliphatic heterocycles. The van der Waals surface area contributed by atoms with Crippen molar-refractivity contribution < 1.29 is 13.2 Å². The van der Waals surface area contributed by atoms with E-state index in [4.69, 9.17) is 5.73 Å². The minimum Gasteiger partial charge on any atom is -0.369 e. The number of hydrogen-bond acceptors (Lipinski definition) is 4. The molecule has 0 aromatic heterocycles.